The number of hydrogen-bond donors (Lipinski definition) is 0. The summed E-state index contributed by atoms with van der Waals surface area (Å²) in [6, 6.07) is 0.886. The van der Waals surface area contributed by atoms with Crippen LogP contribution in [0.2, 0.25) is 0 Å². The first-order valence-corrected chi connectivity index (χ1v) is 6.19. The van der Waals surface area contributed by atoms with Crippen LogP contribution in [-0.4, -0.2) is 0 Å². The maximum atomic E-state index is 15.1. The smallest absolute Gasteiger partial charge is 0.221 e. The largest absolute Gasteiger partial charge is 0.225 e. The standard InChI is InChI=1S/C15H3F9/c16-4-1-2-6(17)5(3-4)15(24)8-7(10(19)14(15)23)9(18)12(21)13(22)11(8)20/h1-3H. The monoisotopic (exact) mass is 354 g/mol. The van der Waals surface area contributed by atoms with Gasteiger partial charge in [0.1, 0.15) is 11.6 Å². The van der Waals surface area contributed by atoms with E-state index in [-0.39, 0.29) is 6.07 Å². The highest BCUT2D eigenvalue weighted by Crippen LogP contribution is 2.55. The van der Waals surface area contributed by atoms with E-state index < -0.39 is 68.9 Å². The highest BCUT2D eigenvalue weighted by atomic mass is 19.2. The molecule has 1 aliphatic carbocycles. The predicted molar refractivity (Wildman–Crippen MR) is 63.7 cm³/mol. The number of halogens is 9. The van der Waals surface area contributed by atoms with Crippen molar-refractivity contribution >= 4 is 5.83 Å². The van der Waals surface area contributed by atoms with E-state index >= 15 is 4.39 Å². The lowest BCUT2D eigenvalue weighted by atomic mass is 9.88. The van der Waals surface area contributed by atoms with Crippen LogP contribution in [0.1, 0.15) is 16.7 Å². The van der Waals surface area contributed by atoms with Crippen molar-refractivity contribution in [3.05, 3.63) is 75.6 Å². The van der Waals surface area contributed by atoms with Gasteiger partial charge in [-0.1, -0.05) is 0 Å². The van der Waals surface area contributed by atoms with E-state index in [1.54, 1.807) is 0 Å². The normalized spacial score (nSPS) is 19.9. The van der Waals surface area contributed by atoms with E-state index in [0.29, 0.717) is 12.1 Å². The molecule has 126 valence electrons. The van der Waals surface area contributed by atoms with E-state index in [4.69, 9.17) is 0 Å². The second-order valence-electron chi connectivity index (χ2n) is 4.92. The number of fused-ring (bicyclic) bond motifs is 1. The Bertz CT molecular complexity index is 916. The highest BCUT2D eigenvalue weighted by molar-refractivity contribution is 5.77. The summed E-state index contributed by atoms with van der Waals surface area (Å²) >= 11 is 0. The lowest BCUT2D eigenvalue weighted by molar-refractivity contribution is 0.215. The van der Waals surface area contributed by atoms with Crippen molar-refractivity contribution in [3.8, 4) is 0 Å². The minimum absolute atomic E-state index is 0.0654. The van der Waals surface area contributed by atoms with Crippen LogP contribution in [0.5, 0.6) is 0 Å². The maximum absolute atomic E-state index is 15.1. The molecule has 9 heteroatoms. The van der Waals surface area contributed by atoms with Gasteiger partial charge in [0.25, 0.3) is 0 Å². The van der Waals surface area contributed by atoms with Crippen molar-refractivity contribution in [1.29, 1.82) is 0 Å². The van der Waals surface area contributed by atoms with Gasteiger partial charge in [-0.2, -0.15) is 0 Å². The summed E-state index contributed by atoms with van der Waals surface area (Å²) in [5.74, 6) is -17.8. The van der Waals surface area contributed by atoms with Crippen LogP contribution in [-0.2, 0) is 5.67 Å². The van der Waals surface area contributed by atoms with Crippen molar-refractivity contribution in [2.24, 2.45) is 0 Å². The van der Waals surface area contributed by atoms with E-state index in [2.05, 4.69) is 0 Å². The zero-order chi connectivity index (χ0) is 18.0. The van der Waals surface area contributed by atoms with Crippen LogP contribution in [0, 0.1) is 34.9 Å². The molecule has 1 aliphatic rings. The molecule has 0 N–H and O–H groups in total. The second-order valence-corrected chi connectivity index (χ2v) is 4.92. The fraction of sp³-hybridized carbons (Fsp3) is 0.0667. The van der Waals surface area contributed by atoms with Gasteiger partial charge in [0, 0.05) is 5.56 Å². The molecule has 0 aliphatic heterocycles. The fourth-order valence-electron chi connectivity index (χ4n) is 2.55. The van der Waals surface area contributed by atoms with Gasteiger partial charge >= 0.3 is 0 Å². The van der Waals surface area contributed by atoms with Gasteiger partial charge in [0.15, 0.2) is 34.9 Å². The predicted octanol–water partition coefficient (Wildman–Crippen LogP) is 5.36. The Morgan fingerprint density at radius 1 is 0.708 bits per heavy atom. The van der Waals surface area contributed by atoms with Crippen LogP contribution < -0.4 is 0 Å². The van der Waals surface area contributed by atoms with Crippen LogP contribution in [0.3, 0.4) is 0 Å². The average molecular weight is 354 g/mol. The number of benzene rings is 2. The summed E-state index contributed by atoms with van der Waals surface area (Å²) in [6.45, 7) is 0. The van der Waals surface area contributed by atoms with E-state index in [9.17, 15) is 35.1 Å². The van der Waals surface area contributed by atoms with Gasteiger partial charge in [0.2, 0.25) is 5.67 Å². The zero-order valence-electron chi connectivity index (χ0n) is 11.1. The molecule has 2 aromatic carbocycles. The molecule has 0 amide bonds. The minimum Gasteiger partial charge on any atom is -0.225 e. The first-order chi connectivity index (χ1) is 11.1. The lowest BCUT2D eigenvalue weighted by Crippen LogP contribution is -2.25. The van der Waals surface area contributed by atoms with Gasteiger partial charge in [0.05, 0.1) is 11.1 Å². The third-order valence-corrected chi connectivity index (χ3v) is 3.63. The highest BCUT2D eigenvalue weighted by Gasteiger charge is 2.55. The molecule has 0 aromatic heterocycles. The molecule has 0 radical (unpaired) electrons. The summed E-state index contributed by atoms with van der Waals surface area (Å²) in [7, 11) is 0. The topological polar surface area (TPSA) is 0 Å². The quantitative estimate of drug-likeness (QED) is 0.368. The Morgan fingerprint density at radius 2 is 1.29 bits per heavy atom. The van der Waals surface area contributed by atoms with Crippen molar-refractivity contribution in [1.82, 2.24) is 0 Å². The molecule has 1 atom stereocenters. The second kappa shape index (κ2) is 5.02. The molecule has 0 fully saturated rings. The lowest BCUT2D eigenvalue weighted by Gasteiger charge is -2.22. The van der Waals surface area contributed by atoms with E-state index in [1.165, 1.54) is 0 Å². The molecular weight excluding hydrogens is 351 g/mol. The Morgan fingerprint density at radius 3 is 1.92 bits per heavy atom. The Kier molecular flexibility index (Phi) is 3.43. The number of rotatable bonds is 1. The van der Waals surface area contributed by atoms with E-state index in [1.807, 2.05) is 0 Å². The van der Waals surface area contributed by atoms with E-state index in [0.717, 1.165) is 0 Å². The number of hydrogen-bond acceptors (Lipinski definition) is 0. The van der Waals surface area contributed by atoms with Crippen molar-refractivity contribution < 1.29 is 39.5 Å². The minimum atomic E-state index is -4.20. The van der Waals surface area contributed by atoms with Gasteiger partial charge in [-0.05, 0) is 18.2 Å². The summed E-state index contributed by atoms with van der Waals surface area (Å²) < 4.78 is 124. The fourth-order valence-corrected chi connectivity index (χ4v) is 2.55. The van der Waals surface area contributed by atoms with Crippen molar-refractivity contribution in [3.63, 3.8) is 0 Å². The molecule has 0 saturated carbocycles. The zero-order valence-corrected chi connectivity index (χ0v) is 11.1. The number of allylic oxidation sites excluding steroid dienone is 1. The van der Waals surface area contributed by atoms with Gasteiger partial charge in [-0.15, -0.1) is 0 Å². The first-order valence-electron chi connectivity index (χ1n) is 6.19. The summed E-state index contributed by atoms with van der Waals surface area (Å²) in [5, 5.41) is 0. The molecule has 0 spiro atoms. The molecule has 0 heterocycles. The van der Waals surface area contributed by atoms with Crippen LogP contribution in [0.25, 0.3) is 5.83 Å². The summed E-state index contributed by atoms with van der Waals surface area (Å²) in [6.07, 6.45) is 0. The Labute approximate surface area is 127 Å². The van der Waals surface area contributed by atoms with Gasteiger partial charge in [-0.3, -0.25) is 0 Å². The molecule has 0 nitrogen and oxygen atoms in total. The molecule has 0 saturated heterocycles. The molecule has 24 heavy (non-hydrogen) atoms. The summed E-state index contributed by atoms with van der Waals surface area (Å²) in [4.78, 5) is 0. The van der Waals surface area contributed by atoms with Gasteiger partial charge < -0.3 is 0 Å². The first kappa shape index (κ1) is 16.4. The third-order valence-electron chi connectivity index (χ3n) is 3.63. The van der Waals surface area contributed by atoms with Crippen LogP contribution >= 0.6 is 0 Å². The SMILES string of the molecule is FC1=C(F)C(F)(c2cc(F)ccc2F)c2c(F)c(F)c(F)c(F)c21. The van der Waals surface area contributed by atoms with Crippen LogP contribution in [0.15, 0.2) is 24.0 Å². The molecular formula is C15H3F9. The molecule has 1 unspecified atom stereocenters. The maximum Gasteiger partial charge on any atom is 0.221 e. The Balaban J connectivity index is 2.49. The van der Waals surface area contributed by atoms with Crippen LogP contribution in [0.4, 0.5) is 39.5 Å². The molecule has 2 aromatic rings. The number of alkyl halides is 1. The Hall–Kier alpha value is -2.45. The average Bonchev–Trinajstić information content (AvgIpc) is 2.75. The van der Waals surface area contributed by atoms with Crippen molar-refractivity contribution in [2.45, 2.75) is 5.67 Å². The molecule has 0 bridgehead atoms. The van der Waals surface area contributed by atoms with Crippen molar-refractivity contribution in [2.75, 3.05) is 0 Å². The summed E-state index contributed by atoms with van der Waals surface area (Å²) in [5.41, 5.74) is -9.57. The van der Waals surface area contributed by atoms with Gasteiger partial charge in [-0.25, -0.2) is 39.5 Å². The third kappa shape index (κ3) is 1.83. The molecule has 3 rings (SSSR count).